The van der Waals surface area contributed by atoms with Gasteiger partial charge < -0.3 is 15.0 Å². The highest BCUT2D eigenvalue weighted by Gasteiger charge is 2.29. The fourth-order valence-electron chi connectivity index (χ4n) is 4.05. The van der Waals surface area contributed by atoms with E-state index in [0.29, 0.717) is 31.5 Å². The van der Waals surface area contributed by atoms with Crippen LogP contribution in [0.1, 0.15) is 34.8 Å². The van der Waals surface area contributed by atoms with E-state index in [2.05, 4.69) is 5.32 Å². The first kappa shape index (κ1) is 23.4. The molecule has 2 amide bonds. The van der Waals surface area contributed by atoms with Gasteiger partial charge in [0.1, 0.15) is 12.4 Å². The lowest BCUT2D eigenvalue weighted by molar-refractivity contribution is -0.127. The standard InChI is InChI=1S/C27H26F2N2O3/c28-22-12-10-21(11-13-22)27(33)31-16-14-20(15-17-31)26(32)30-24(19-6-2-1-3-7-19)18-34-25-9-5-4-8-23(25)29/h1-13,20,24H,14-18H2,(H,30,32). The summed E-state index contributed by atoms with van der Waals surface area (Å²) in [6.45, 7) is 0.963. The van der Waals surface area contributed by atoms with Gasteiger partial charge in [-0.15, -0.1) is 0 Å². The summed E-state index contributed by atoms with van der Waals surface area (Å²) in [6, 6.07) is 20.6. The zero-order chi connectivity index (χ0) is 23.9. The second-order valence-electron chi connectivity index (χ2n) is 8.29. The summed E-state index contributed by atoms with van der Waals surface area (Å²) < 4.78 is 32.8. The van der Waals surface area contributed by atoms with Crippen LogP contribution in [-0.4, -0.2) is 36.4 Å². The third-order valence-corrected chi connectivity index (χ3v) is 6.00. The van der Waals surface area contributed by atoms with E-state index in [0.717, 1.165) is 5.56 Å². The predicted molar refractivity (Wildman–Crippen MR) is 124 cm³/mol. The van der Waals surface area contributed by atoms with Crippen molar-refractivity contribution in [1.82, 2.24) is 10.2 Å². The third-order valence-electron chi connectivity index (χ3n) is 6.00. The molecule has 1 aliphatic rings. The van der Waals surface area contributed by atoms with Crippen LogP contribution in [0.25, 0.3) is 0 Å². The molecule has 0 bridgehead atoms. The largest absolute Gasteiger partial charge is 0.488 e. The van der Waals surface area contributed by atoms with Gasteiger partial charge in [0.15, 0.2) is 11.6 Å². The number of nitrogens with one attached hydrogen (secondary N) is 1. The van der Waals surface area contributed by atoms with Crippen molar-refractivity contribution >= 4 is 11.8 Å². The van der Waals surface area contributed by atoms with Crippen molar-refractivity contribution in [3.05, 3.63) is 102 Å². The normalized spacial score (nSPS) is 14.9. The second-order valence-corrected chi connectivity index (χ2v) is 8.29. The number of para-hydroxylation sites is 1. The number of amides is 2. The summed E-state index contributed by atoms with van der Waals surface area (Å²) in [5, 5.41) is 3.04. The van der Waals surface area contributed by atoms with E-state index < -0.39 is 11.9 Å². The maximum Gasteiger partial charge on any atom is 0.253 e. The Morgan fingerprint density at radius 3 is 2.24 bits per heavy atom. The number of benzene rings is 3. The minimum absolute atomic E-state index is 0.0819. The number of hydrogen-bond donors (Lipinski definition) is 1. The number of carbonyl (C=O) groups excluding carboxylic acids is 2. The Kier molecular flexibility index (Phi) is 7.52. The van der Waals surface area contributed by atoms with Crippen molar-refractivity contribution in [2.45, 2.75) is 18.9 Å². The van der Waals surface area contributed by atoms with Crippen LogP contribution < -0.4 is 10.1 Å². The first-order valence-electron chi connectivity index (χ1n) is 11.3. The molecule has 1 aliphatic heterocycles. The van der Waals surface area contributed by atoms with Crippen molar-refractivity contribution in [2.75, 3.05) is 19.7 Å². The fourth-order valence-corrected chi connectivity index (χ4v) is 4.05. The van der Waals surface area contributed by atoms with Crippen LogP contribution in [0.15, 0.2) is 78.9 Å². The van der Waals surface area contributed by atoms with Crippen LogP contribution in [0.5, 0.6) is 5.75 Å². The zero-order valence-electron chi connectivity index (χ0n) is 18.6. The van der Waals surface area contributed by atoms with E-state index in [1.165, 1.54) is 30.3 Å². The van der Waals surface area contributed by atoms with Gasteiger partial charge in [0.25, 0.3) is 5.91 Å². The molecule has 1 unspecified atom stereocenters. The van der Waals surface area contributed by atoms with Crippen molar-refractivity contribution in [3.8, 4) is 5.75 Å². The first-order chi connectivity index (χ1) is 16.5. The average molecular weight is 465 g/mol. The number of piperidine rings is 1. The fraction of sp³-hybridized carbons (Fsp3) is 0.259. The van der Waals surface area contributed by atoms with Crippen LogP contribution in [0, 0.1) is 17.6 Å². The Bertz CT molecular complexity index is 1110. The van der Waals surface area contributed by atoms with Crippen molar-refractivity contribution in [2.24, 2.45) is 5.92 Å². The predicted octanol–water partition coefficient (Wildman–Crippen LogP) is 4.75. The lowest BCUT2D eigenvalue weighted by Crippen LogP contribution is -2.44. The zero-order valence-corrected chi connectivity index (χ0v) is 18.6. The molecule has 7 heteroatoms. The van der Waals surface area contributed by atoms with E-state index in [1.54, 1.807) is 23.1 Å². The Morgan fingerprint density at radius 1 is 0.912 bits per heavy atom. The highest BCUT2D eigenvalue weighted by atomic mass is 19.1. The van der Waals surface area contributed by atoms with E-state index >= 15 is 0 Å². The SMILES string of the molecule is O=C(NC(COc1ccccc1F)c1ccccc1)C1CCN(C(=O)c2ccc(F)cc2)CC1. The number of hydrogen-bond acceptors (Lipinski definition) is 3. The van der Waals surface area contributed by atoms with E-state index in [-0.39, 0.29) is 35.9 Å². The topological polar surface area (TPSA) is 58.6 Å². The molecule has 0 aliphatic carbocycles. The molecule has 5 nitrogen and oxygen atoms in total. The average Bonchev–Trinajstić information content (AvgIpc) is 2.88. The molecule has 1 saturated heterocycles. The molecular weight excluding hydrogens is 438 g/mol. The van der Waals surface area contributed by atoms with E-state index in [1.807, 2.05) is 30.3 Å². The number of carbonyl (C=O) groups is 2. The van der Waals surface area contributed by atoms with Gasteiger partial charge in [0.2, 0.25) is 5.91 Å². The molecule has 34 heavy (non-hydrogen) atoms. The number of rotatable bonds is 7. The van der Waals surface area contributed by atoms with Crippen molar-refractivity contribution < 1.29 is 23.1 Å². The minimum atomic E-state index is -0.459. The molecule has 1 N–H and O–H groups in total. The number of ether oxygens (including phenoxy) is 1. The molecule has 0 radical (unpaired) electrons. The maximum absolute atomic E-state index is 14.0. The second kappa shape index (κ2) is 10.9. The molecule has 0 aromatic heterocycles. The van der Waals surface area contributed by atoms with Crippen LogP contribution >= 0.6 is 0 Å². The van der Waals surface area contributed by atoms with Gasteiger partial charge in [-0.25, -0.2) is 8.78 Å². The Balaban J connectivity index is 1.36. The van der Waals surface area contributed by atoms with E-state index in [4.69, 9.17) is 4.74 Å². The molecule has 176 valence electrons. The van der Waals surface area contributed by atoms with Gasteiger partial charge in [0.05, 0.1) is 6.04 Å². The first-order valence-corrected chi connectivity index (χ1v) is 11.3. The van der Waals surface area contributed by atoms with Gasteiger partial charge in [-0.3, -0.25) is 9.59 Å². The lowest BCUT2D eigenvalue weighted by Gasteiger charge is -2.32. The van der Waals surface area contributed by atoms with Gasteiger partial charge in [-0.1, -0.05) is 42.5 Å². The van der Waals surface area contributed by atoms with Crippen molar-refractivity contribution in [1.29, 1.82) is 0 Å². The smallest absolute Gasteiger partial charge is 0.253 e. The molecule has 0 spiro atoms. The molecular formula is C27H26F2N2O3. The van der Waals surface area contributed by atoms with Gasteiger partial charge in [0, 0.05) is 24.6 Å². The summed E-state index contributed by atoms with van der Waals surface area (Å²) in [6.07, 6.45) is 1.04. The highest BCUT2D eigenvalue weighted by Crippen LogP contribution is 2.23. The van der Waals surface area contributed by atoms with Gasteiger partial charge in [-0.2, -0.15) is 0 Å². The van der Waals surface area contributed by atoms with Crippen LogP contribution in [-0.2, 0) is 4.79 Å². The number of halogens is 2. The monoisotopic (exact) mass is 464 g/mol. The highest BCUT2D eigenvalue weighted by molar-refractivity contribution is 5.94. The lowest BCUT2D eigenvalue weighted by atomic mass is 9.94. The summed E-state index contributed by atoms with van der Waals surface area (Å²) in [7, 11) is 0. The van der Waals surface area contributed by atoms with Crippen LogP contribution in [0.2, 0.25) is 0 Å². The number of likely N-dealkylation sites (tertiary alicyclic amines) is 1. The van der Waals surface area contributed by atoms with Crippen LogP contribution in [0.4, 0.5) is 8.78 Å². The van der Waals surface area contributed by atoms with Crippen molar-refractivity contribution in [3.63, 3.8) is 0 Å². The molecule has 3 aromatic carbocycles. The molecule has 4 rings (SSSR count). The molecule has 1 atom stereocenters. The van der Waals surface area contributed by atoms with Gasteiger partial charge in [-0.05, 0) is 54.8 Å². The van der Waals surface area contributed by atoms with E-state index in [9.17, 15) is 18.4 Å². The Hall–Kier alpha value is -3.74. The molecule has 0 saturated carbocycles. The molecule has 1 heterocycles. The minimum Gasteiger partial charge on any atom is -0.488 e. The summed E-state index contributed by atoms with van der Waals surface area (Å²) >= 11 is 0. The Morgan fingerprint density at radius 2 is 1.56 bits per heavy atom. The summed E-state index contributed by atoms with van der Waals surface area (Å²) in [4.78, 5) is 27.4. The maximum atomic E-state index is 14.0. The molecule has 3 aromatic rings. The summed E-state index contributed by atoms with van der Waals surface area (Å²) in [5.74, 6) is -1.26. The number of nitrogens with zero attached hydrogens (tertiary/aromatic N) is 1. The molecule has 1 fully saturated rings. The Labute approximate surface area is 197 Å². The van der Waals surface area contributed by atoms with Crippen LogP contribution in [0.3, 0.4) is 0 Å². The summed E-state index contributed by atoms with van der Waals surface area (Å²) in [5.41, 5.74) is 1.29. The van der Waals surface area contributed by atoms with Gasteiger partial charge >= 0.3 is 0 Å². The quantitative estimate of drug-likeness (QED) is 0.549. The third kappa shape index (κ3) is 5.78.